The van der Waals surface area contributed by atoms with Crippen molar-refractivity contribution in [3.8, 4) is 0 Å². The first kappa shape index (κ1) is 14.5. The first-order valence-electron chi connectivity index (χ1n) is 6.84. The lowest BCUT2D eigenvalue weighted by molar-refractivity contribution is -0.129. The molecule has 0 unspecified atom stereocenters. The number of carbonyl (C=O) groups excluding carboxylic acids is 1. The van der Waals surface area contributed by atoms with Crippen molar-refractivity contribution in [1.82, 2.24) is 10.2 Å². The summed E-state index contributed by atoms with van der Waals surface area (Å²) in [5.74, 6) is -0.288. The molecule has 0 aliphatic carbocycles. The van der Waals surface area contributed by atoms with Crippen molar-refractivity contribution in [2.45, 2.75) is 12.8 Å². The normalized spacial score (nSPS) is 18.2. The Morgan fingerprint density at radius 3 is 2.65 bits per heavy atom. The highest BCUT2D eigenvalue weighted by Gasteiger charge is 2.25. The minimum atomic E-state index is -0.902. The fourth-order valence-electron chi connectivity index (χ4n) is 2.61. The Morgan fingerprint density at radius 2 is 2.05 bits per heavy atom. The molecule has 0 bridgehead atoms. The third-order valence-electron chi connectivity index (χ3n) is 3.69. The summed E-state index contributed by atoms with van der Waals surface area (Å²) >= 11 is 0. The fourth-order valence-corrected chi connectivity index (χ4v) is 2.61. The third kappa shape index (κ3) is 3.57. The van der Waals surface area contributed by atoms with Gasteiger partial charge in [0.1, 0.15) is 0 Å². The van der Waals surface area contributed by atoms with E-state index in [0.29, 0.717) is 18.0 Å². The van der Waals surface area contributed by atoms with Crippen LogP contribution in [0.15, 0.2) is 24.3 Å². The van der Waals surface area contributed by atoms with E-state index in [2.05, 4.69) is 5.32 Å². The van der Waals surface area contributed by atoms with Crippen LogP contribution in [0.5, 0.6) is 0 Å². The number of carbonyl (C=O) groups is 2. The van der Waals surface area contributed by atoms with Gasteiger partial charge in [0.15, 0.2) is 0 Å². The van der Waals surface area contributed by atoms with Crippen molar-refractivity contribution in [2.24, 2.45) is 5.92 Å². The Kier molecular flexibility index (Phi) is 4.74. The Morgan fingerprint density at radius 1 is 1.35 bits per heavy atom. The van der Waals surface area contributed by atoms with Crippen LogP contribution in [0, 0.1) is 5.92 Å². The highest BCUT2D eigenvalue weighted by molar-refractivity contribution is 5.87. The highest BCUT2D eigenvalue weighted by Crippen LogP contribution is 2.21. The number of hydrogen-bond donors (Lipinski definition) is 2. The number of carboxylic acid groups (broad SMARTS) is 1. The summed E-state index contributed by atoms with van der Waals surface area (Å²) in [6.45, 7) is 2.00. The summed E-state index contributed by atoms with van der Waals surface area (Å²) < 4.78 is 0. The van der Waals surface area contributed by atoms with Gasteiger partial charge < -0.3 is 15.3 Å². The molecule has 0 aromatic heterocycles. The minimum absolute atomic E-state index is 0.149. The van der Waals surface area contributed by atoms with E-state index in [-0.39, 0.29) is 5.91 Å². The molecule has 2 rings (SSSR count). The molecule has 1 aromatic rings. The number of hydrogen-bond acceptors (Lipinski definition) is 3. The highest BCUT2D eigenvalue weighted by atomic mass is 16.4. The molecule has 1 aromatic carbocycles. The van der Waals surface area contributed by atoms with Gasteiger partial charge in [0.2, 0.25) is 5.91 Å². The number of carboxylic acids is 1. The van der Waals surface area contributed by atoms with Gasteiger partial charge in [0.05, 0.1) is 12.1 Å². The van der Waals surface area contributed by atoms with Crippen LogP contribution >= 0.6 is 0 Å². The molecule has 1 aliphatic heterocycles. The van der Waals surface area contributed by atoms with E-state index >= 15 is 0 Å². The van der Waals surface area contributed by atoms with E-state index in [4.69, 9.17) is 5.11 Å². The zero-order chi connectivity index (χ0) is 14.5. The lowest BCUT2D eigenvalue weighted by atomic mass is 9.98. The van der Waals surface area contributed by atoms with Crippen molar-refractivity contribution in [2.75, 3.05) is 26.7 Å². The van der Waals surface area contributed by atoms with E-state index in [0.717, 1.165) is 31.5 Å². The lowest BCUT2D eigenvalue weighted by Gasteiger charge is -2.16. The molecule has 1 saturated heterocycles. The number of aromatic carboxylic acids is 1. The second kappa shape index (κ2) is 6.52. The van der Waals surface area contributed by atoms with Gasteiger partial charge in [-0.1, -0.05) is 12.1 Å². The Hall–Kier alpha value is -1.88. The van der Waals surface area contributed by atoms with Crippen molar-refractivity contribution in [1.29, 1.82) is 0 Å². The Labute approximate surface area is 118 Å². The molecule has 0 spiro atoms. The summed E-state index contributed by atoms with van der Waals surface area (Å²) in [4.78, 5) is 24.4. The summed E-state index contributed by atoms with van der Waals surface area (Å²) in [6.07, 6.45) is 1.90. The SMILES string of the molecule is CNCC(=O)N1CC[C@H](Cc2ccc(C(=O)O)cc2)C1. The van der Waals surface area contributed by atoms with E-state index in [1.54, 1.807) is 19.2 Å². The second-order valence-electron chi connectivity index (χ2n) is 5.23. The topological polar surface area (TPSA) is 69.6 Å². The molecule has 1 atom stereocenters. The maximum absolute atomic E-state index is 11.8. The molecule has 1 aliphatic rings. The summed E-state index contributed by atoms with van der Waals surface area (Å²) in [5.41, 5.74) is 1.44. The number of likely N-dealkylation sites (N-methyl/N-ethyl adjacent to an activating group) is 1. The Balaban J connectivity index is 1.88. The van der Waals surface area contributed by atoms with E-state index in [9.17, 15) is 9.59 Å². The van der Waals surface area contributed by atoms with Gasteiger partial charge in [-0.15, -0.1) is 0 Å². The third-order valence-corrected chi connectivity index (χ3v) is 3.69. The van der Waals surface area contributed by atoms with Crippen molar-refractivity contribution >= 4 is 11.9 Å². The summed E-state index contributed by atoms with van der Waals surface area (Å²) in [6, 6.07) is 7.00. The van der Waals surface area contributed by atoms with Gasteiger partial charge in [-0.3, -0.25) is 4.79 Å². The zero-order valence-electron chi connectivity index (χ0n) is 11.6. The molecule has 2 N–H and O–H groups in total. The van der Waals surface area contributed by atoms with Gasteiger partial charge in [-0.25, -0.2) is 4.79 Å². The number of likely N-dealkylation sites (tertiary alicyclic amines) is 1. The molecule has 5 nitrogen and oxygen atoms in total. The summed E-state index contributed by atoms with van der Waals surface area (Å²) in [5, 5.41) is 11.7. The molecule has 0 radical (unpaired) electrons. The first-order valence-corrected chi connectivity index (χ1v) is 6.84. The summed E-state index contributed by atoms with van der Waals surface area (Å²) in [7, 11) is 1.77. The fraction of sp³-hybridized carbons (Fsp3) is 0.467. The number of rotatable bonds is 5. The molecule has 20 heavy (non-hydrogen) atoms. The van der Waals surface area contributed by atoms with Crippen LogP contribution in [0.4, 0.5) is 0 Å². The molecule has 5 heteroatoms. The van der Waals surface area contributed by atoms with Gasteiger partial charge in [0.25, 0.3) is 0 Å². The average Bonchev–Trinajstić information content (AvgIpc) is 2.88. The maximum atomic E-state index is 11.8. The van der Waals surface area contributed by atoms with Crippen LogP contribution in [0.25, 0.3) is 0 Å². The predicted molar refractivity (Wildman–Crippen MR) is 75.7 cm³/mol. The van der Waals surface area contributed by atoms with Crippen LogP contribution in [-0.4, -0.2) is 48.6 Å². The van der Waals surface area contributed by atoms with Crippen LogP contribution in [-0.2, 0) is 11.2 Å². The van der Waals surface area contributed by atoms with Crippen LogP contribution in [0.1, 0.15) is 22.3 Å². The number of nitrogens with zero attached hydrogens (tertiary/aromatic N) is 1. The standard InChI is InChI=1S/C15H20N2O3/c1-16-9-14(18)17-7-6-12(10-17)8-11-2-4-13(5-3-11)15(19)20/h2-5,12,16H,6-10H2,1H3,(H,19,20)/t12-/m1/s1. The Bertz CT molecular complexity index is 484. The monoisotopic (exact) mass is 276 g/mol. The average molecular weight is 276 g/mol. The van der Waals surface area contributed by atoms with E-state index < -0.39 is 5.97 Å². The van der Waals surface area contributed by atoms with Gasteiger partial charge in [-0.05, 0) is 43.5 Å². The molecular formula is C15H20N2O3. The van der Waals surface area contributed by atoms with E-state index in [1.165, 1.54) is 0 Å². The number of nitrogens with one attached hydrogen (secondary N) is 1. The number of benzene rings is 1. The second-order valence-corrected chi connectivity index (χ2v) is 5.23. The van der Waals surface area contributed by atoms with Crippen LogP contribution in [0.3, 0.4) is 0 Å². The zero-order valence-corrected chi connectivity index (χ0v) is 11.6. The first-order chi connectivity index (χ1) is 9.60. The largest absolute Gasteiger partial charge is 0.478 e. The van der Waals surface area contributed by atoms with Crippen LogP contribution in [0.2, 0.25) is 0 Å². The molecule has 1 amide bonds. The number of amides is 1. The molecule has 108 valence electrons. The van der Waals surface area contributed by atoms with Gasteiger partial charge >= 0.3 is 5.97 Å². The maximum Gasteiger partial charge on any atom is 0.335 e. The van der Waals surface area contributed by atoms with Crippen molar-refractivity contribution < 1.29 is 14.7 Å². The molecule has 1 heterocycles. The van der Waals surface area contributed by atoms with Gasteiger partial charge in [0, 0.05) is 13.1 Å². The minimum Gasteiger partial charge on any atom is -0.478 e. The van der Waals surface area contributed by atoms with Crippen LogP contribution < -0.4 is 5.32 Å². The lowest BCUT2D eigenvalue weighted by Crippen LogP contribution is -2.35. The van der Waals surface area contributed by atoms with Crippen molar-refractivity contribution in [3.05, 3.63) is 35.4 Å². The molecule has 1 fully saturated rings. The predicted octanol–water partition coefficient (Wildman–Crippen LogP) is 0.995. The molecule has 0 saturated carbocycles. The van der Waals surface area contributed by atoms with Crippen molar-refractivity contribution in [3.63, 3.8) is 0 Å². The quantitative estimate of drug-likeness (QED) is 0.841. The molecular weight excluding hydrogens is 256 g/mol. The smallest absolute Gasteiger partial charge is 0.335 e. The van der Waals surface area contributed by atoms with Gasteiger partial charge in [-0.2, -0.15) is 0 Å². The van der Waals surface area contributed by atoms with E-state index in [1.807, 2.05) is 17.0 Å².